The lowest BCUT2D eigenvalue weighted by molar-refractivity contribution is -0.132. The molecule has 0 radical (unpaired) electrons. The Kier molecular flexibility index (Phi) is 5.45. The van der Waals surface area contributed by atoms with E-state index < -0.39 is 12.1 Å². The zero-order valence-electron chi connectivity index (χ0n) is 13.6. The van der Waals surface area contributed by atoms with E-state index in [4.69, 9.17) is 17.3 Å². The van der Waals surface area contributed by atoms with Gasteiger partial charge in [0.1, 0.15) is 5.82 Å². The largest absolute Gasteiger partial charge is 0.353 e. The first-order valence-corrected chi connectivity index (χ1v) is 8.43. The molecule has 0 unspecified atom stereocenters. The molecule has 1 aromatic carbocycles. The van der Waals surface area contributed by atoms with E-state index in [0.717, 1.165) is 5.56 Å². The number of hydrogen-bond acceptors (Lipinski definition) is 5. The summed E-state index contributed by atoms with van der Waals surface area (Å²) in [5, 5.41) is 0.654. The molecule has 1 saturated heterocycles. The van der Waals surface area contributed by atoms with Gasteiger partial charge in [0.05, 0.1) is 6.04 Å². The van der Waals surface area contributed by atoms with Crippen LogP contribution in [0.25, 0.3) is 0 Å². The normalized spacial score (nSPS) is 16.0. The highest BCUT2D eigenvalue weighted by atomic mass is 35.5. The molecule has 2 N–H and O–H groups in total. The molecule has 1 fully saturated rings. The zero-order chi connectivity index (χ0) is 17.8. The molecule has 8 heteroatoms. The fraction of sp³-hybridized carbons (Fsp3) is 0.353. The minimum absolute atomic E-state index is 0.0801. The molecule has 6 nitrogen and oxygen atoms in total. The van der Waals surface area contributed by atoms with Crippen LogP contribution in [0.15, 0.2) is 36.5 Å². The van der Waals surface area contributed by atoms with E-state index >= 15 is 0 Å². The van der Waals surface area contributed by atoms with Gasteiger partial charge in [-0.15, -0.1) is 0 Å². The van der Waals surface area contributed by atoms with Crippen LogP contribution in [0.3, 0.4) is 0 Å². The summed E-state index contributed by atoms with van der Waals surface area (Å²) < 4.78 is 13.1. The molecule has 1 atom stereocenters. The topological polar surface area (TPSA) is 75.4 Å². The molecule has 2 aromatic rings. The number of hydrogen-bond donors (Lipinski definition) is 1. The number of rotatable bonds is 4. The molecule has 2 heterocycles. The van der Waals surface area contributed by atoms with Crippen LogP contribution < -0.4 is 10.6 Å². The summed E-state index contributed by atoms with van der Waals surface area (Å²) in [5.74, 6) is 0.452. The minimum atomic E-state index is -0.749. The molecule has 132 valence electrons. The van der Waals surface area contributed by atoms with Crippen LogP contribution in [0.1, 0.15) is 5.56 Å². The van der Waals surface area contributed by atoms with Crippen LogP contribution >= 0.6 is 11.6 Å². The lowest BCUT2D eigenvalue weighted by Crippen LogP contribution is -2.53. The minimum Gasteiger partial charge on any atom is -0.353 e. The Balaban J connectivity index is 1.54. The Hall–Kier alpha value is -2.25. The van der Waals surface area contributed by atoms with Gasteiger partial charge in [-0.05, 0) is 30.2 Å². The van der Waals surface area contributed by atoms with Crippen molar-refractivity contribution >= 4 is 23.3 Å². The van der Waals surface area contributed by atoms with Crippen molar-refractivity contribution in [2.24, 2.45) is 5.73 Å². The van der Waals surface area contributed by atoms with E-state index in [-0.39, 0.29) is 5.91 Å². The third kappa shape index (κ3) is 4.43. The average molecular weight is 364 g/mol. The van der Waals surface area contributed by atoms with Crippen molar-refractivity contribution < 1.29 is 9.18 Å². The summed E-state index contributed by atoms with van der Waals surface area (Å²) >= 11 is 5.86. The van der Waals surface area contributed by atoms with Gasteiger partial charge >= 0.3 is 6.08 Å². The first kappa shape index (κ1) is 17.6. The standard InChI is InChI=1S/C17H19ClFN5O/c18-13-3-1-12(2-4-13)11-14(20)16(25)24-9-7-23(8-10-24)15-5-6-21-17(19)22-15/h1-6,14H,7-11,20H2/t14-/m1/s1. The van der Waals surface area contributed by atoms with Crippen molar-refractivity contribution in [2.75, 3.05) is 31.1 Å². The Morgan fingerprint density at radius 1 is 1.20 bits per heavy atom. The number of nitrogens with two attached hydrogens (primary N) is 1. The van der Waals surface area contributed by atoms with Crippen LogP contribution in [0.5, 0.6) is 0 Å². The van der Waals surface area contributed by atoms with Gasteiger partial charge in [-0.1, -0.05) is 23.7 Å². The lowest BCUT2D eigenvalue weighted by atomic mass is 10.1. The van der Waals surface area contributed by atoms with Gasteiger partial charge in [-0.25, -0.2) is 4.98 Å². The Labute approximate surface area is 150 Å². The molecule has 3 rings (SSSR count). The van der Waals surface area contributed by atoms with Crippen molar-refractivity contribution in [3.8, 4) is 0 Å². The number of carbonyl (C=O) groups excluding carboxylic acids is 1. The Bertz CT molecular complexity index is 734. The highest BCUT2D eigenvalue weighted by Crippen LogP contribution is 2.15. The fourth-order valence-electron chi connectivity index (χ4n) is 2.85. The number of benzene rings is 1. The van der Waals surface area contributed by atoms with Crippen molar-refractivity contribution in [3.05, 3.63) is 53.2 Å². The van der Waals surface area contributed by atoms with Gasteiger partial charge in [0.2, 0.25) is 5.91 Å². The van der Waals surface area contributed by atoms with Crippen LogP contribution in [0.2, 0.25) is 5.02 Å². The van der Waals surface area contributed by atoms with Crippen molar-refractivity contribution in [3.63, 3.8) is 0 Å². The van der Waals surface area contributed by atoms with Crippen molar-refractivity contribution in [1.82, 2.24) is 14.9 Å². The van der Waals surface area contributed by atoms with Gasteiger partial charge in [0, 0.05) is 37.4 Å². The first-order chi connectivity index (χ1) is 12.0. The van der Waals surface area contributed by atoms with Crippen molar-refractivity contribution in [1.29, 1.82) is 0 Å². The van der Waals surface area contributed by atoms with Gasteiger partial charge in [-0.2, -0.15) is 9.37 Å². The van der Waals surface area contributed by atoms with E-state index in [1.165, 1.54) is 6.20 Å². The molecule has 25 heavy (non-hydrogen) atoms. The summed E-state index contributed by atoms with van der Waals surface area (Å²) in [6.45, 7) is 2.21. The number of halogens is 2. The molecule has 0 bridgehead atoms. The number of anilines is 1. The first-order valence-electron chi connectivity index (χ1n) is 8.05. The Morgan fingerprint density at radius 3 is 2.52 bits per heavy atom. The third-order valence-electron chi connectivity index (χ3n) is 4.21. The summed E-state index contributed by atoms with van der Waals surface area (Å²) in [7, 11) is 0. The number of piperazine rings is 1. The average Bonchev–Trinajstić information content (AvgIpc) is 2.63. The molecule has 0 spiro atoms. The Morgan fingerprint density at radius 2 is 1.88 bits per heavy atom. The predicted molar refractivity (Wildman–Crippen MR) is 93.9 cm³/mol. The highest BCUT2D eigenvalue weighted by molar-refractivity contribution is 6.30. The highest BCUT2D eigenvalue weighted by Gasteiger charge is 2.26. The van der Waals surface area contributed by atoms with Gasteiger partial charge in [-0.3, -0.25) is 4.79 Å². The molecule has 0 saturated carbocycles. The maximum atomic E-state index is 13.1. The second-order valence-corrected chi connectivity index (χ2v) is 6.37. The predicted octanol–water partition coefficient (Wildman–Crippen LogP) is 1.49. The summed E-state index contributed by atoms with van der Waals surface area (Å²) in [5.41, 5.74) is 7.05. The molecule has 1 aliphatic rings. The lowest BCUT2D eigenvalue weighted by Gasteiger charge is -2.36. The number of nitrogens with zero attached hydrogens (tertiary/aromatic N) is 4. The maximum Gasteiger partial charge on any atom is 0.310 e. The van der Waals surface area contributed by atoms with Crippen molar-refractivity contribution in [2.45, 2.75) is 12.5 Å². The summed E-state index contributed by atoms with van der Waals surface area (Å²) in [4.78, 5) is 23.4. The second kappa shape index (κ2) is 7.76. The van der Waals surface area contributed by atoms with Crippen LogP contribution in [-0.4, -0.2) is 53.0 Å². The number of aromatic nitrogens is 2. The SMILES string of the molecule is N[C@H](Cc1ccc(Cl)cc1)C(=O)N1CCN(c2ccnc(F)n2)CC1. The van der Waals surface area contributed by atoms with Crippen LogP contribution in [0.4, 0.5) is 10.2 Å². The second-order valence-electron chi connectivity index (χ2n) is 5.93. The quantitative estimate of drug-likeness (QED) is 0.833. The van der Waals surface area contributed by atoms with Crippen LogP contribution in [0, 0.1) is 6.08 Å². The monoisotopic (exact) mass is 363 g/mol. The van der Waals surface area contributed by atoms with E-state index in [1.54, 1.807) is 23.1 Å². The van der Waals surface area contributed by atoms with E-state index in [2.05, 4.69) is 9.97 Å². The number of amides is 1. The molecular formula is C17H19ClFN5O. The maximum absolute atomic E-state index is 13.1. The molecule has 1 amide bonds. The summed E-state index contributed by atoms with van der Waals surface area (Å²) in [6.07, 6.45) is 1.10. The molecule has 1 aromatic heterocycles. The summed E-state index contributed by atoms with van der Waals surface area (Å²) in [6, 6.07) is 8.38. The third-order valence-corrected chi connectivity index (χ3v) is 4.46. The van der Waals surface area contributed by atoms with E-state index in [0.29, 0.717) is 43.4 Å². The van der Waals surface area contributed by atoms with Gasteiger partial charge in [0.15, 0.2) is 0 Å². The number of carbonyl (C=O) groups is 1. The van der Waals surface area contributed by atoms with E-state index in [1.807, 2.05) is 17.0 Å². The smallest absolute Gasteiger partial charge is 0.310 e. The van der Waals surface area contributed by atoms with E-state index in [9.17, 15) is 9.18 Å². The zero-order valence-corrected chi connectivity index (χ0v) is 14.4. The van der Waals surface area contributed by atoms with Gasteiger partial charge < -0.3 is 15.5 Å². The fourth-order valence-corrected chi connectivity index (χ4v) is 2.98. The van der Waals surface area contributed by atoms with Crippen LogP contribution in [-0.2, 0) is 11.2 Å². The molecule has 1 aliphatic heterocycles. The van der Waals surface area contributed by atoms with Gasteiger partial charge in [0.25, 0.3) is 0 Å². The molecule has 0 aliphatic carbocycles. The molecular weight excluding hydrogens is 345 g/mol.